The topological polar surface area (TPSA) is 41.9 Å². The maximum absolute atomic E-state index is 13.8. The molecule has 1 heterocycles. The first-order valence-corrected chi connectivity index (χ1v) is 8.80. The Morgan fingerprint density at radius 2 is 1.64 bits per heavy atom. The third kappa shape index (κ3) is 4.48. The van der Waals surface area contributed by atoms with Gasteiger partial charge in [0.15, 0.2) is 34.2 Å². The van der Waals surface area contributed by atoms with Gasteiger partial charge in [0.25, 0.3) is 0 Å². The molecule has 0 radical (unpaired) electrons. The zero-order chi connectivity index (χ0) is 20.3. The lowest BCUT2D eigenvalue weighted by Crippen LogP contribution is -2.19. The van der Waals surface area contributed by atoms with Crippen molar-refractivity contribution in [2.45, 2.75) is 19.9 Å². The molecule has 0 aliphatic carbocycles. The number of aryl methyl sites for hydroxylation is 1. The fourth-order valence-corrected chi connectivity index (χ4v) is 2.76. The Bertz CT molecular complexity index is 976. The summed E-state index contributed by atoms with van der Waals surface area (Å²) >= 11 is 5.20. The highest BCUT2D eigenvalue weighted by molar-refractivity contribution is 7.80. The lowest BCUT2D eigenvalue weighted by atomic mass is 10.1. The average Bonchev–Trinajstić information content (AvgIpc) is 3.11. The van der Waals surface area contributed by atoms with E-state index in [1.807, 2.05) is 24.3 Å². The highest BCUT2D eigenvalue weighted by Gasteiger charge is 2.19. The molecule has 4 nitrogen and oxygen atoms in total. The van der Waals surface area contributed by atoms with Gasteiger partial charge in [-0.25, -0.2) is 17.6 Å². The predicted octanol–water partition coefficient (Wildman–Crippen LogP) is 4.86. The van der Waals surface area contributed by atoms with Crippen molar-refractivity contribution >= 4 is 28.8 Å². The van der Waals surface area contributed by atoms with Gasteiger partial charge in [-0.1, -0.05) is 19.1 Å². The van der Waals surface area contributed by atoms with E-state index in [4.69, 9.17) is 12.2 Å². The molecule has 2 aromatic carbocycles. The van der Waals surface area contributed by atoms with E-state index in [9.17, 15) is 17.6 Å². The Hall–Kier alpha value is -2.94. The number of halogens is 4. The van der Waals surface area contributed by atoms with Crippen LogP contribution in [0.1, 0.15) is 18.1 Å². The van der Waals surface area contributed by atoms with E-state index in [1.165, 1.54) is 17.8 Å². The number of hydrogen-bond donors (Lipinski definition) is 2. The Kier molecular flexibility index (Phi) is 5.93. The van der Waals surface area contributed by atoms with Crippen molar-refractivity contribution in [3.05, 3.63) is 77.0 Å². The van der Waals surface area contributed by atoms with Gasteiger partial charge in [0.1, 0.15) is 0 Å². The van der Waals surface area contributed by atoms with Crippen LogP contribution in [-0.2, 0) is 13.0 Å². The first-order valence-electron chi connectivity index (χ1n) is 8.39. The van der Waals surface area contributed by atoms with Crippen LogP contribution in [-0.4, -0.2) is 14.9 Å². The smallest absolute Gasteiger partial charge is 0.176 e. The van der Waals surface area contributed by atoms with Gasteiger partial charge in [0.2, 0.25) is 0 Å². The normalized spacial score (nSPS) is 10.8. The standard InChI is InChI=1S/C19H16F4N4S/c1-2-11-3-5-12(6-4-11)24-19(28)25-16-7-8-27(26-16)10-13-17(22)14(20)9-15(21)18(13)23/h3-9H,2,10H2,1H3,(H2,24,25,26,28). The van der Waals surface area contributed by atoms with E-state index in [-0.39, 0.29) is 11.2 Å². The van der Waals surface area contributed by atoms with E-state index in [2.05, 4.69) is 22.7 Å². The highest BCUT2D eigenvalue weighted by atomic mass is 32.1. The molecule has 0 atom stereocenters. The van der Waals surface area contributed by atoms with E-state index >= 15 is 0 Å². The summed E-state index contributed by atoms with van der Waals surface area (Å²) in [4.78, 5) is 0. The summed E-state index contributed by atoms with van der Waals surface area (Å²) in [6, 6.07) is 9.40. The molecule has 0 aliphatic heterocycles. The van der Waals surface area contributed by atoms with Crippen LogP contribution in [0, 0.1) is 23.3 Å². The van der Waals surface area contributed by atoms with Crippen LogP contribution in [0.25, 0.3) is 0 Å². The van der Waals surface area contributed by atoms with Crippen LogP contribution < -0.4 is 10.6 Å². The zero-order valence-electron chi connectivity index (χ0n) is 14.8. The Morgan fingerprint density at radius 1 is 1.00 bits per heavy atom. The van der Waals surface area contributed by atoms with Crippen molar-refractivity contribution in [1.29, 1.82) is 0 Å². The number of aromatic nitrogens is 2. The number of rotatable bonds is 5. The molecule has 0 saturated heterocycles. The summed E-state index contributed by atoms with van der Waals surface area (Å²) < 4.78 is 55.3. The minimum atomic E-state index is -1.46. The van der Waals surface area contributed by atoms with E-state index in [1.54, 1.807) is 0 Å². The average molecular weight is 408 g/mol. The first-order chi connectivity index (χ1) is 13.4. The highest BCUT2D eigenvalue weighted by Crippen LogP contribution is 2.20. The number of anilines is 2. The van der Waals surface area contributed by atoms with Gasteiger partial charge in [-0.15, -0.1) is 0 Å². The number of thiocarbonyl (C=S) groups is 1. The molecule has 0 unspecified atom stereocenters. The monoisotopic (exact) mass is 408 g/mol. The van der Waals surface area contributed by atoms with Crippen LogP contribution >= 0.6 is 12.2 Å². The minimum absolute atomic E-state index is 0.168. The fraction of sp³-hybridized carbons (Fsp3) is 0.158. The van der Waals surface area contributed by atoms with Gasteiger partial charge < -0.3 is 10.6 Å². The largest absolute Gasteiger partial charge is 0.332 e. The maximum Gasteiger partial charge on any atom is 0.176 e. The summed E-state index contributed by atoms with van der Waals surface area (Å²) in [5.41, 5.74) is 1.23. The first kappa shape index (κ1) is 19.8. The SMILES string of the molecule is CCc1ccc(NC(=S)Nc2ccn(Cc3c(F)c(F)cc(F)c3F)n2)cc1. The van der Waals surface area contributed by atoms with Crippen molar-refractivity contribution < 1.29 is 17.6 Å². The molecule has 0 aliphatic rings. The van der Waals surface area contributed by atoms with Crippen LogP contribution in [0.15, 0.2) is 42.6 Å². The molecule has 3 rings (SSSR count). The number of hydrogen-bond acceptors (Lipinski definition) is 2. The Morgan fingerprint density at radius 3 is 2.25 bits per heavy atom. The minimum Gasteiger partial charge on any atom is -0.332 e. The third-order valence-corrected chi connectivity index (χ3v) is 4.23. The summed E-state index contributed by atoms with van der Waals surface area (Å²) in [7, 11) is 0. The molecule has 0 amide bonds. The number of benzene rings is 2. The molecule has 146 valence electrons. The second-order valence-corrected chi connectivity index (χ2v) is 6.38. The third-order valence-electron chi connectivity index (χ3n) is 4.03. The summed E-state index contributed by atoms with van der Waals surface area (Å²) in [5.74, 6) is -5.51. The molecule has 0 spiro atoms. The van der Waals surface area contributed by atoms with E-state index in [0.29, 0.717) is 5.82 Å². The van der Waals surface area contributed by atoms with Gasteiger partial charge in [-0.05, 0) is 36.3 Å². The lowest BCUT2D eigenvalue weighted by molar-refractivity contribution is 0.431. The molecule has 3 aromatic rings. The van der Waals surface area contributed by atoms with Crippen LogP contribution in [0.3, 0.4) is 0 Å². The van der Waals surface area contributed by atoms with Gasteiger partial charge in [-0.3, -0.25) is 4.68 Å². The molecule has 9 heteroatoms. The fourth-order valence-electron chi connectivity index (χ4n) is 2.54. The summed E-state index contributed by atoms with van der Waals surface area (Å²) in [5, 5.41) is 10.1. The number of nitrogens with one attached hydrogen (secondary N) is 2. The zero-order valence-corrected chi connectivity index (χ0v) is 15.6. The van der Waals surface area contributed by atoms with Crippen LogP contribution in [0.5, 0.6) is 0 Å². The summed E-state index contributed by atoms with van der Waals surface area (Å²) in [6.07, 6.45) is 2.33. The van der Waals surface area contributed by atoms with E-state index in [0.717, 1.165) is 16.8 Å². The van der Waals surface area contributed by atoms with Crippen molar-refractivity contribution in [3.8, 4) is 0 Å². The molecular weight excluding hydrogens is 392 g/mol. The number of nitrogens with zero attached hydrogens (tertiary/aromatic N) is 2. The summed E-state index contributed by atoms with van der Waals surface area (Å²) in [6.45, 7) is 1.58. The van der Waals surface area contributed by atoms with Gasteiger partial charge >= 0.3 is 0 Å². The predicted molar refractivity (Wildman–Crippen MR) is 103 cm³/mol. The second kappa shape index (κ2) is 8.39. The molecule has 0 saturated carbocycles. The van der Waals surface area contributed by atoms with Crippen molar-refractivity contribution in [2.75, 3.05) is 10.6 Å². The van der Waals surface area contributed by atoms with Gasteiger partial charge in [0, 0.05) is 24.0 Å². The molecule has 2 N–H and O–H groups in total. The van der Waals surface area contributed by atoms with Crippen LogP contribution in [0.4, 0.5) is 29.1 Å². The molecule has 0 bridgehead atoms. The molecule has 0 fully saturated rings. The van der Waals surface area contributed by atoms with Crippen molar-refractivity contribution in [3.63, 3.8) is 0 Å². The van der Waals surface area contributed by atoms with E-state index < -0.39 is 35.4 Å². The van der Waals surface area contributed by atoms with Crippen molar-refractivity contribution in [2.24, 2.45) is 0 Å². The van der Waals surface area contributed by atoms with Crippen LogP contribution in [0.2, 0.25) is 0 Å². The maximum atomic E-state index is 13.8. The quantitative estimate of drug-likeness (QED) is 0.360. The molecule has 1 aromatic heterocycles. The molecular formula is C19H16F4N4S. The Labute approximate surface area is 164 Å². The van der Waals surface area contributed by atoms with Crippen molar-refractivity contribution in [1.82, 2.24) is 9.78 Å². The lowest BCUT2D eigenvalue weighted by Gasteiger charge is -2.09. The Balaban J connectivity index is 1.66. The second-order valence-electron chi connectivity index (χ2n) is 5.97. The molecule has 28 heavy (non-hydrogen) atoms. The van der Waals surface area contributed by atoms with Gasteiger partial charge in [0.05, 0.1) is 12.1 Å². The van der Waals surface area contributed by atoms with Gasteiger partial charge in [-0.2, -0.15) is 5.10 Å².